The van der Waals surface area contributed by atoms with Gasteiger partial charge in [-0.15, -0.1) is 0 Å². The molecule has 2 amide bonds. The maximum absolute atomic E-state index is 13.7. The topological polar surface area (TPSA) is 113 Å². The van der Waals surface area contributed by atoms with Crippen molar-refractivity contribution in [2.45, 2.75) is 35.8 Å². The minimum absolute atomic E-state index is 0.0603. The van der Waals surface area contributed by atoms with Gasteiger partial charge >= 0.3 is 6.11 Å². The van der Waals surface area contributed by atoms with Crippen LogP contribution in [0.1, 0.15) is 18.4 Å². The van der Waals surface area contributed by atoms with E-state index in [-0.39, 0.29) is 55.6 Å². The van der Waals surface area contributed by atoms with Crippen LogP contribution in [0.4, 0.5) is 8.78 Å². The zero-order valence-electron chi connectivity index (χ0n) is 21.0. The smallest absolute Gasteiger partial charge is 0.419 e. The molecular formula is C26H27F2IN4O6. The first-order valence-corrected chi connectivity index (χ1v) is 13.2. The van der Waals surface area contributed by atoms with Crippen molar-refractivity contribution in [2.75, 3.05) is 20.3 Å². The lowest BCUT2D eigenvalue weighted by Crippen LogP contribution is -2.48. The van der Waals surface area contributed by atoms with E-state index in [0.29, 0.717) is 17.7 Å². The number of aromatic nitrogens is 1. The molecule has 39 heavy (non-hydrogen) atoms. The predicted octanol–water partition coefficient (Wildman–Crippen LogP) is 3.17. The number of hydrogen-bond acceptors (Lipinski definition) is 9. The van der Waals surface area contributed by atoms with Gasteiger partial charge in [0.1, 0.15) is 17.2 Å². The van der Waals surface area contributed by atoms with Crippen molar-refractivity contribution < 1.29 is 37.7 Å². The van der Waals surface area contributed by atoms with Crippen molar-refractivity contribution in [3.63, 3.8) is 0 Å². The number of carbonyl (C=O) groups excluding carboxylic acids is 2. The summed E-state index contributed by atoms with van der Waals surface area (Å²) < 4.78 is 42.8. The maximum atomic E-state index is 13.7. The van der Waals surface area contributed by atoms with Crippen LogP contribution in [0.5, 0.6) is 17.4 Å². The van der Waals surface area contributed by atoms with Crippen LogP contribution < -0.4 is 19.5 Å². The van der Waals surface area contributed by atoms with Crippen LogP contribution in [-0.4, -0.2) is 68.4 Å². The SMILES string of the molecule is C=CC(F)(F)Oc1cccc(OC2NC3=C(C(=O)N(CCCO)C(=O)C(I)C3)N2Cc2ccc(OC)nc2)c1. The Labute approximate surface area is 237 Å². The number of aliphatic hydroxyl groups is 1. The summed E-state index contributed by atoms with van der Waals surface area (Å²) in [5, 5.41) is 12.5. The average molecular weight is 656 g/mol. The van der Waals surface area contributed by atoms with Crippen molar-refractivity contribution in [3.05, 3.63) is 72.2 Å². The lowest BCUT2D eigenvalue weighted by Gasteiger charge is -2.31. The van der Waals surface area contributed by atoms with Crippen LogP contribution in [0.15, 0.2) is 66.6 Å². The summed E-state index contributed by atoms with van der Waals surface area (Å²) in [4.78, 5) is 33.7. The number of imide groups is 1. The first-order valence-electron chi connectivity index (χ1n) is 12.0. The molecule has 2 unspecified atom stereocenters. The number of methoxy groups -OCH3 is 1. The monoisotopic (exact) mass is 656 g/mol. The molecule has 0 aliphatic carbocycles. The van der Waals surface area contributed by atoms with Gasteiger partial charge in [-0.1, -0.05) is 41.3 Å². The fourth-order valence-corrected chi connectivity index (χ4v) is 4.89. The fourth-order valence-electron chi connectivity index (χ4n) is 4.11. The van der Waals surface area contributed by atoms with Crippen molar-refractivity contribution in [3.8, 4) is 17.4 Å². The Bertz CT molecular complexity index is 1260. The zero-order chi connectivity index (χ0) is 28.2. The van der Waals surface area contributed by atoms with Gasteiger partial charge in [-0.25, -0.2) is 4.98 Å². The van der Waals surface area contributed by atoms with Gasteiger partial charge < -0.3 is 29.5 Å². The number of halogens is 3. The molecule has 0 radical (unpaired) electrons. The molecule has 208 valence electrons. The first-order chi connectivity index (χ1) is 18.7. The van der Waals surface area contributed by atoms with E-state index in [2.05, 4.69) is 16.9 Å². The number of aliphatic hydroxyl groups excluding tert-OH is 1. The summed E-state index contributed by atoms with van der Waals surface area (Å²) in [6.07, 6.45) is -2.03. The molecule has 10 nitrogen and oxygen atoms in total. The quantitative estimate of drug-likeness (QED) is 0.163. The molecule has 2 atom stereocenters. The van der Waals surface area contributed by atoms with Crippen LogP contribution in [-0.2, 0) is 16.1 Å². The second-order valence-electron chi connectivity index (χ2n) is 8.67. The van der Waals surface area contributed by atoms with Gasteiger partial charge in [0, 0.05) is 49.7 Å². The lowest BCUT2D eigenvalue weighted by molar-refractivity contribution is -0.143. The molecule has 0 spiro atoms. The molecule has 2 N–H and O–H groups in total. The summed E-state index contributed by atoms with van der Waals surface area (Å²) in [5.41, 5.74) is 1.47. The largest absolute Gasteiger partial charge is 0.481 e. The molecule has 0 saturated carbocycles. The third-order valence-corrected chi connectivity index (χ3v) is 6.94. The number of nitrogens with one attached hydrogen (secondary N) is 1. The summed E-state index contributed by atoms with van der Waals surface area (Å²) in [5.74, 6) is -0.391. The number of nitrogens with zero attached hydrogens (tertiary/aromatic N) is 3. The van der Waals surface area contributed by atoms with Crippen molar-refractivity contribution >= 4 is 34.4 Å². The average Bonchev–Trinajstić information content (AvgIpc) is 3.20. The molecule has 0 fully saturated rings. The van der Waals surface area contributed by atoms with E-state index < -0.39 is 22.3 Å². The molecule has 0 bridgehead atoms. The van der Waals surface area contributed by atoms with Gasteiger partial charge in [0.05, 0.1) is 17.6 Å². The summed E-state index contributed by atoms with van der Waals surface area (Å²) in [7, 11) is 1.50. The van der Waals surface area contributed by atoms with Crippen LogP contribution in [0.25, 0.3) is 0 Å². The lowest BCUT2D eigenvalue weighted by atomic mass is 10.2. The van der Waals surface area contributed by atoms with E-state index in [1.807, 2.05) is 22.6 Å². The molecular weight excluding hydrogens is 629 g/mol. The van der Waals surface area contributed by atoms with Gasteiger partial charge in [0.15, 0.2) is 0 Å². The number of allylic oxidation sites excluding steroid dienone is 1. The molecule has 3 heterocycles. The number of amides is 2. The number of benzene rings is 1. The van der Waals surface area contributed by atoms with Crippen LogP contribution in [0, 0.1) is 0 Å². The Morgan fingerprint density at radius 2 is 2.05 bits per heavy atom. The predicted molar refractivity (Wildman–Crippen MR) is 144 cm³/mol. The van der Waals surface area contributed by atoms with Gasteiger partial charge in [-0.3, -0.25) is 14.5 Å². The molecule has 2 aromatic rings. The number of hydrogen-bond donors (Lipinski definition) is 2. The Morgan fingerprint density at radius 3 is 2.72 bits per heavy atom. The number of carbonyl (C=O) groups is 2. The molecule has 2 aliphatic heterocycles. The van der Waals surface area contributed by atoms with Gasteiger partial charge in [0.25, 0.3) is 12.3 Å². The minimum Gasteiger partial charge on any atom is -0.481 e. The second kappa shape index (κ2) is 12.2. The van der Waals surface area contributed by atoms with Crippen LogP contribution in [0.3, 0.4) is 0 Å². The highest BCUT2D eigenvalue weighted by Crippen LogP contribution is 2.34. The summed E-state index contributed by atoms with van der Waals surface area (Å²) >= 11 is 1.99. The molecule has 2 aliphatic rings. The van der Waals surface area contributed by atoms with Crippen molar-refractivity contribution in [1.29, 1.82) is 0 Å². The molecule has 1 aromatic carbocycles. The first kappa shape index (κ1) is 28.5. The Hall–Kier alpha value is -3.46. The number of rotatable bonds is 11. The van der Waals surface area contributed by atoms with E-state index in [9.17, 15) is 23.5 Å². The number of alkyl halides is 3. The molecule has 4 rings (SSSR count). The highest BCUT2D eigenvalue weighted by Gasteiger charge is 2.44. The summed E-state index contributed by atoms with van der Waals surface area (Å²) in [6.45, 7) is 3.12. The van der Waals surface area contributed by atoms with Gasteiger partial charge in [-0.2, -0.15) is 8.78 Å². The Balaban J connectivity index is 1.67. The Kier molecular flexibility index (Phi) is 8.90. The molecule has 1 aromatic heterocycles. The Morgan fingerprint density at radius 1 is 1.28 bits per heavy atom. The van der Waals surface area contributed by atoms with E-state index in [1.165, 1.54) is 25.3 Å². The highest BCUT2D eigenvalue weighted by molar-refractivity contribution is 14.1. The molecule has 0 saturated heterocycles. The van der Waals surface area contributed by atoms with Crippen molar-refractivity contribution in [1.82, 2.24) is 20.1 Å². The van der Waals surface area contributed by atoms with Gasteiger partial charge in [-0.05, 0) is 24.1 Å². The maximum Gasteiger partial charge on any atom is 0.419 e. The van der Waals surface area contributed by atoms with E-state index in [0.717, 1.165) is 10.5 Å². The second-order valence-corrected chi connectivity index (χ2v) is 10.2. The highest BCUT2D eigenvalue weighted by atomic mass is 127. The number of ether oxygens (including phenoxy) is 3. The van der Waals surface area contributed by atoms with Crippen molar-refractivity contribution in [2.24, 2.45) is 0 Å². The van der Waals surface area contributed by atoms with E-state index >= 15 is 0 Å². The van der Waals surface area contributed by atoms with Crippen LogP contribution in [0.2, 0.25) is 0 Å². The number of pyridine rings is 1. The third-order valence-electron chi connectivity index (χ3n) is 5.96. The third kappa shape index (κ3) is 6.58. The molecule has 13 heteroatoms. The van der Waals surface area contributed by atoms with Crippen LogP contribution >= 0.6 is 22.6 Å². The zero-order valence-corrected chi connectivity index (χ0v) is 23.1. The van der Waals surface area contributed by atoms with E-state index in [1.54, 1.807) is 29.3 Å². The van der Waals surface area contributed by atoms with Gasteiger partial charge in [0.2, 0.25) is 11.8 Å². The summed E-state index contributed by atoms with van der Waals surface area (Å²) in [6, 6.07) is 9.18. The standard InChI is InChI=1S/C26H27F2IN4O6/c1-3-26(27,28)39-18-7-4-6-17(12-18)38-25-31-20-13-19(29)23(35)32(10-5-11-34)24(36)22(20)33(25)15-16-8-9-21(37-2)30-14-16/h3-4,6-9,12,14,19,25,31,34H,1,5,10-11,13,15H2,2H3. The normalized spacial score (nSPS) is 19.4. The van der Waals surface area contributed by atoms with E-state index in [4.69, 9.17) is 14.2 Å². The minimum atomic E-state index is -3.57. The fraction of sp³-hybridized carbons (Fsp3) is 0.346.